The second kappa shape index (κ2) is 6.31. The first kappa shape index (κ1) is 15.9. The highest BCUT2D eigenvalue weighted by atomic mass is 19.4. The number of ether oxygens (including phenoxy) is 1. The van der Waals surface area contributed by atoms with Crippen molar-refractivity contribution in [3.05, 3.63) is 35.1 Å². The maximum absolute atomic E-state index is 13.5. The van der Waals surface area contributed by atoms with Crippen LogP contribution in [0.5, 0.6) is 0 Å². The van der Waals surface area contributed by atoms with Gasteiger partial charge in [0.25, 0.3) is 0 Å². The number of benzene rings is 1. The van der Waals surface area contributed by atoms with Gasteiger partial charge in [0.2, 0.25) is 0 Å². The second-order valence-electron chi connectivity index (χ2n) is 4.04. The van der Waals surface area contributed by atoms with Gasteiger partial charge >= 0.3 is 6.18 Å². The van der Waals surface area contributed by atoms with Crippen molar-refractivity contribution in [2.24, 2.45) is 5.84 Å². The molecule has 1 aromatic carbocycles. The van der Waals surface area contributed by atoms with E-state index in [1.165, 1.54) is 6.07 Å². The van der Waals surface area contributed by atoms with Crippen LogP contribution in [0, 0.1) is 5.82 Å². The van der Waals surface area contributed by atoms with Gasteiger partial charge in [-0.05, 0) is 31.5 Å². The van der Waals surface area contributed by atoms with E-state index in [4.69, 9.17) is 10.6 Å². The van der Waals surface area contributed by atoms with E-state index >= 15 is 0 Å². The molecule has 108 valence electrons. The lowest BCUT2D eigenvalue weighted by atomic mass is 10.0. The van der Waals surface area contributed by atoms with Crippen molar-refractivity contribution in [3.63, 3.8) is 0 Å². The van der Waals surface area contributed by atoms with Gasteiger partial charge in [-0.1, -0.05) is 6.07 Å². The maximum Gasteiger partial charge on any atom is 0.419 e. The zero-order valence-corrected chi connectivity index (χ0v) is 10.6. The van der Waals surface area contributed by atoms with Crippen molar-refractivity contribution in [2.75, 3.05) is 6.61 Å². The number of hydrazine groups is 1. The summed E-state index contributed by atoms with van der Waals surface area (Å²) in [6.07, 6.45) is -5.11. The maximum atomic E-state index is 13.5. The van der Waals surface area contributed by atoms with Gasteiger partial charge in [0.15, 0.2) is 0 Å². The molecule has 0 saturated carbocycles. The van der Waals surface area contributed by atoms with E-state index in [2.05, 4.69) is 5.43 Å². The molecule has 0 aromatic heterocycles. The van der Waals surface area contributed by atoms with Gasteiger partial charge in [0.1, 0.15) is 5.82 Å². The number of nitrogens with one attached hydrogen (secondary N) is 1. The van der Waals surface area contributed by atoms with E-state index in [0.717, 1.165) is 6.07 Å². The third-order valence-electron chi connectivity index (χ3n) is 2.74. The lowest BCUT2D eigenvalue weighted by molar-refractivity contribution is -0.140. The molecule has 1 rings (SSSR count). The summed E-state index contributed by atoms with van der Waals surface area (Å²) in [6.45, 7) is 3.89. The van der Waals surface area contributed by atoms with Gasteiger partial charge in [-0.15, -0.1) is 0 Å². The van der Waals surface area contributed by atoms with Gasteiger partial charge < -0.3 is 4.74 Å². The zero-order valence-electron chi connectivity index (χ0n) is 10.6. The summed E-state index contributed by atoms with van der Waals surface area (Å²) in [5.41, 5.74) is 1.42. The van der Waals surface area contributed by atoms with Gasteiger partial charge in [-0.3, -0.25) is 11.3 Å². The first-order valence-corrected chi connectivity index (χ1v) is 5.75. The van der Waals surface area contributed by atoms with E-state index in [-0.39, 0.29) is 0 Å². The molecule has 0 radical (unpaired) electrons. The van der Waals surface area contributed by atoms with E-state index in [9.17, 15) is 17.6 Å². The molecule has 3 N–H and O–H groups in total. The fourth-order valence-corrected chi connectivity index (χ4v) is 1.82. The molecule has 0 bridgehead atoms. The Balaban J connectivity index is 3.05. The van der Waals surface area contributed by atoms with Crippen LogP contribution in [0.15, 0.2) is 18.2 Å². The summed E-state index contributed by atoms with van der Waals surface area (Å²) in [5.74, 6) is 4.01. The summed E-state index contributed by atoms with van der Waals surface area (Å²) in [7, 11) is 0. The highest BCUT2D eigenvalue weighted by Gasteiger charge is 2.34. The first-order valence-electron chi connectivity index (χ1n) is 5.75. The number of hydrogen-bond donors (Lipinski definition) is 2. The molecule has 0 fully saturated rings. The Kier molecular flexibility index (Phi) is 5.28. The normalized spacial score (nSPS) is 15.3. The highest BCUT2D eigenvalue weighted by Crippen LogP contribution is 2.32. The van der Waals surface area contributed by atoms with Crippen molar-refractivity contribution in [1.82, 2.24) is 5.43 Å². The molecule has 3 nitrogen and oxygen atoms in total. The van der Waals surface area contributed by atoms with Crippen LogP contribution in [0.3, 0.4) is 0 Å². The van der Waals surface area contributed by atoms with Crippen molar-refractivity contribution in [2.45, 2.75) is 32.2 Å². The molecule has 19 heavy (non-hydrogen) atoms. The number of halogens is 4. The van der Waals surface area contributed by atoms with Crippen LogP contribution in [-0.2, 0) is 10.9 Å². The number of nitrogens with two attached hydrogens (primary N) is 1. The van der Waals surface area contributed by atoms with Crippen LogP contribution in [0.1, 0.15) is 31.0 Å². The van der Waals surface area contributed by atoms with Crippen LogP contribution in [0.4, 0.5) is 17.6 Å². The zero-order chi connectivity index (χ0) is 14.6. The van der Waals surface area contributed by atoms with Gasteiger partial charge in [0, 0.05) is 6.61 Å². The fraction of sp³-hybridized carbons (Fsp3) is 0.500. The molecule has 0 amide bonds. The molecule has 0 aliphatic rings. The molecule has 0 spiro atoms. The smallest absolute Gasteiger partial charge is 0.377 e. The van der Waals surface area contributed by atoms with Crippen molar-refractivity contribution in [3.8, 4) is 0 Å². The average Bonchev–Trinajstić information content (AvgIpc) is 2.28. The quantitative estimate of drug-likeness (QED) is 0.495. The third kappa shape index (κ3) is 3.89. The van der Waals surface area contributed by atoms with E-state index in [1.807, 2.05) is 0 Å². The molecule has 0 saturated heterocycles. The van der Waals surface area contributed by atoms with Crippen LogP contribution in [-0.4, -0.2) is 12.7 Å². The minimum absolute atomic E-state index is 0.300. The summed E-state index contributed by atoms with van der Waals surface area (Å²) < 4.78 is 56.1. The monoisotopic (exact) mass is 280 g/mol. The molecule has 2 unspecified atom stereocenters. The molecule has 2 atom stereocenters. The van der Waals surface area contributed by atoms with Crippen LogP contribution >= 0.6 is 0 Å². The first-order chi connectivity index (χ1) is 8.81. The number of hydrogen-bond acceptors (Lipinski definition) is 3. The largest absolute Gasteiger partial charge is 0.419 e. The summed E-state index contributed by atoms with van der Waals surface area (Å²) in [5, 5.41) is 0. The Bertz CT molecular complexity index is 423. The predicted octanol–water partition coefficient (Wildman–Crippen LogP) is 2.77. The number of alkyl halides is 3. The Morgan fingerprint density at radius 2 is 2.00 bits per heavy atom. The Labute approximate surface area is 108 Å². The summed E-state index contributed by atoms with van der Waals surface area (Å²) in [4.78, 5) is 0. The Morgan fingerprint density at radius 1 is 1.37 bits per heavy atom. The van der Waals surface area contributed by atoms with Crippen LogP contribution < -0.4 is 11.3 Å². The molecular weight excluding hydrogens is 264 g/mol. The lowest BCUT2D eigenvalue weighted by Gasteiger charge is -2.24. The molecular formula is C12H16F4N2O. The minimum Gasteiger partial charge on any atom is -0.377 e. The Morgan fingerprint density at radius 3 is 2.42 bits per heavy atom. The minimum atomic E-state index is -4.71. The van der Waals surface area contributed by atoms with Crippen LogP contribution in [0.25, 0.3) is 0 Å². The highest BCUT2D eigenvalue weighted by molar-refractivity contribution is 5.29. The van der Waals surface area contributed by atoms with Gasteiger partial charge in [-0.25, -0.2) is 4.39 Å². The molecule has 7 heteroatoms. The molecule has 0 aliphatic heterocycles. The lowest BCUT2D eigenvalue weighted by Crippen LogP contribution is -2.36. The van der Waals surface area contributed by atoms with Crippen molar-refractivity contribution >= 4 is 0 Å². The third-order valence-corrected chi connectivity index (χ3v) is 2.74. The summed E-state index contributed by atoms with van der Waals surface area (Å²) in [6, 6.07) is 2.12. The molecule has 0 aliphatic carbocycles. The topological polar surface area (TPSA) is 47.3 Å². The second-order valence-corrected chi connectivity index (χ2v) is 4.04. The van der Waals surface area contributed by atoms with Gasteiger partial charge in [0.05, 0.1) is 17.7 Å². The number of rotatable bonds is 5. The summed E-state index contributed by atoms with van der Waals surface area (Å²) >= 11 is 0. The molecule has 0 heterocycles. The fourth-order valence-electron chi connectivity index (χ4n) is 1.82. The van der Waals surface area contributed by atoms with E-state index in [0.29, 0.717) is 18.2 Å². The van der Waals surface area contributed by atoms with E-state index in [1.54, 1.807) is 13.8 Å². The molecule has 1 aromatic rings. The van der Waals surface area contributed by atoms with Gasteiger partial charge in [-0.2, -0.15) is 13.2 Å². The van der Waals surface area contributed by atoms with Crippen molar-refractivity contribution in [1.29, 1.82) is 0 Å². The average molecular weight is 280 g/mol. The Hall–Kier alpha value is -1.18. The predicted molar refractivity (Wildman–Crippen MR) is 62.6 cm³/mol. The SMILES string of the molecule is CCOC(C)C(NN)c1ccc(C(F)(F)F)c(F)c1. The van der Waals surface area contributed by atoms with Crippen molar-refractivity contribution < 1.29 is 22.3 Å². The van der Waals surface area contributed by atoms with Crippen LogP contribution in [0.2, 0.25) is 0 Å². The standard InChI is InChI=1S/C12H16F4N2O/c1-3-19-7(2)11(18-17)8-4-5-9(10(13)6-8)12(14,15)16/h4-7,11,18H,3,17H2,1-2H3. The van der Waals surface area contributed by atoms with E-state index < -0.39 is 29.7 Å².